The van der Waals surface area contributed by atoms with Gasteiger partial charge in [0.25, 0.3) is 0 Å². The summed E-state index contributed by atoms with van der Waals surface area (Å²) < 4.78 is 12.0. The Morgan fingerprint density at radius 3 is 1.46 bits per heavy atom. The maximum Gasteiger partial charge on any atom is 0.340 e. The third kappa shape index (κ3) is 4.32. The maximum atomic E-state index is 13.7. The smallest absolute Gasteiger partial charge is 0.340 e. The van der Waals surface area contributed by atoms with Gasteiger partial charge in [-0.15, -0.1) is 0 Å². The summed E-state index contributed by atoms with van der Waals surface area (Å²) >= 11 is 0. The van der Waals surface area contributed by atoms with Gasteiger partial charge in [0.05, 0.1) is 11.1 Å². The molecule has 4 heteroatoms. The molecule has 0 radical (unpaired) electrons. The number of carbonyl (C=O) groups excluding carboxylic acids is 2. The summed E-state index contributed by atoms with van der Waals surface area (Å²) in [5.74, 6) is 0.378. The zero-order chi connectivity index (χ0) is 25.3. The molecule has 2 aliphatic carbocycles. The van der Waals surface area contributed by atoms with Crippen molar-refractivity contribution in [3.63, 3.8) is 0 Å². The highest BCUT2D eigenvalue weighted by molar-refractivity contribution is 6.04. The van der Waals surface area contributed by atoms with Crippen LogP contribution < -0.4 is 9.47 Å². The zero-order valence-electron chi connectivity index (χ0n) is 22.0. The van der Waals surface area contributed by atoms with Gasteiger partial charge < -0.3 is 9.47 Å². The van der Waals surface area contributed by atoms with Crippen LogP contribution in [-0.4, -0.2) is 11.9 Å². The third-order valence-corrected chi connectivity index (χ3v) is 8.30. The lowest BCUT2D eigenvalue weighted by molar-refractivity contribution is -0.133. The van der Waals surface area contributed by atoms with Crippen molar-refractivity contribution < 1.29 is 19.1 Å². The molecule has 1 fully saturated rings. The van der Waals surface area contributed by atoms with Crippen LogP contribution in [0.1, 0.15) is 76.6 Å². The van der Waals surface area contributed by atoms with Crippen molar-refractivity contribution in [2.24, 2.45) is 17.3 Å². The molecule has 0 amide bonds. The summed E-state index contributed by atoms with van der Waals surface area (Å²) in [5, 5.41) is 0. The molecule has 0 spiro atoms. The van der Waals surface area contributed by atoms with Gasteiger partial charge in [-0.2, -0.15) is 0 Å². The second-order valence-electron chi connectivity index (χ2n) is 10.3. The van der Waals surface area contributed by atoms with Crippen molar-refractivity contribution in [1.82, 2.24) is 0 Å². The molecule has 2 aliphatic rings. The molecule has 2 atom stereocenters. The number of rotatable bonds is 8. The summed E-state index contributed by atoms with van der Waals surface area (Å²) in [6.45, 7) is 12.7. The molecule has 2 bridgehead atoms. The minimum Gasteiger partial charge on any atom is -0.423 e. The molecule has 35 heavy (non-hydrogen) atoms. The lowest BCUT2D eigenvalue weighted by atomic mass is 9.79. The Balaban J connectivity index is 1.72. The quantitative estimate of drug-likeness (QED) is 0.311. The zero-order valence-corrected chi connectivity index (χ0v) is 22.0. The molecule has 2 aromatic carbocycles. The highest BCUT2D eigenvalue weighted by Crippen LogP contribution is 2.60. The normalized spacial score (nSPS) is 20.3. The van der Waals surface area contributed by atoms with Crippen LogP contribution in [0, 0.1) is 17.3 Å². The molecule has 1 saturated carbocycles. The van der Waals surface area contributed by atoms with Gasteiger partial charge in [-0.3, -0.25) is 0 Å². The van der Waals surface area contributed by atoms with Gasteiger partial charge in [0.2, 0.25) is 0 Å². The molecule has 0 heterocycles. The van der Waals surface area contributed by atoms with Gasteiger partial charge in [0, 0.05) is 0 Å². The van der Waals surface area contributed by atoms with Crippen LogP contribution in [0.4, 0.5) is 0 Å². The molecule has 186 valence electrons. The van der Waals surface area contributed by atoms with Crippen LogP contribution in [0.5, 0.6) is 11.5 Å². The largest absolute Gasteiger partial charge is 0.423 e. The number of fused-ring (bicyclic) bond motifs is 2. The first-order valence-electron chi connectivity index (χ1n) is 13.2. The van der Waals surface area contributed by atoms with E-state index in [0.717, 1.165) is 49.7 Å². The predicted octanol–water partition coefficient (Wildman–Crippen LogP) is 6.81. The van der Waals surface area contributed by atoms with Crippen LogP contribution in [-0.2, 0) is 35.3 Å². The summed E-state index contributed by atoms with van der Waals surface area (Å²) in [7, 11) is 0. The fourth-order valence-corrected chi connectivity index (χ4v) is 6.42. The van der Waals surface area contributed by atoms with Gasteiger partial charge in [-0.05, 0) is 90.2 Å². The Labute approximate surface area is 209 Å². The molecule has 4 rings (SSSR count). The number of hydrogen-bond donors (Lipinski definition) is 0. The standard InChI is InChI=1S/C31H38O4/c1-7-19-13-11-15-25(21(19)9-3)34-29(32)27-23-17-18-24(31(23,5)6)28(27)30(33)35-26-16-12-14-20(8-2)22(26)10-4/h11-16,23-24H,7-10,17-18H2,1-6H3. The van der Waals surface area contributed by atoms with Crippen LogP contribution in [0.3, 0.4) is 0 Å². The molecule has 0 aromatic heterocycles. The van der Waals surface area contributed by atoms with Crippen LogP contribution in [0.25, 0.3) is 0 Å². The van der Waals surface area contributed by atoms with Gasteiger partial charge in [-0.25, -0.2) is 9.59 Å². The van der Waals surface area contributed by atoms with E-state index in [0.29, 0.717) is 22.6 Å². The number of carbonyl (C=O) groups is 2. The molecule has 2 aromatic rings. The Kier molecular flexibility index (Phi) is 7.21. The van der Waals surface area contributed by atoms with E-state index < -0.39 is 11.9 Å². The lowest BCUT2D eigenvalue weighted by Gasteiger charge is -2.25. The van der Waals surface area contributed by atoms with Crippen molar-refractivity contribution in [1.29, 1.82) is 0 Å². The molecule has 0 N–H and O–H groups in total. The Morgan fingerprint density at radius 1 is 0.714 bits per heavy atom. The average Bonchev–Trinajstić information content (AvgIpc) is 3.28. The molecular formula is C31H38O4. The summed E-state index contributed by atoms with van der Waals surface area (Å²) in [5.41, 5.74) is 5.33. The van der Waals surface area contributed by atoms with Crippen LogP contribution in [0.15, 0.2) is 47.5 Å². The minimum atomic E-state index is -0.404. The van der Waals surface area contributed by atoms with E-state index >= 15 is 0 Å². The van der Waals surface area contributed by atoms with Gasteiger partial charge in [0.15, 0.2) is 0 Å². The Hall–Kier alpha value is -2.88. The Morgan fingerprint density at radius 2 is 1.11 bits per heavy atom. The van der Waals surface area contributed by atoms with Gasteiger partial charge in [0.1, 0.15) is 11.5 Å². The van der Waals surface area contributed by atoms with Crippen molar-refractivity contribution in [2.45, 2.75) is 80.1 Å². The molecule has 0 aliphatic heterocycles. The monoisotopic (exact) mass is 474 g/mol. The van der Waals surface area contributed by atoms with Gasteiger partial charge in [-0.1, -0.05) is 65.8 Å². The summed E-state index contributed by atoms with van der Waals surface area (Å²) in [4.78, 5) is 27.3. The molecular weight excluding hydrogens is 436 g/mol. The van der Waals surface area contributed by atoms with Crippen LogP contribution >= 0.6 is 0 Å². The van der Waals surface area contributed by atoms with E-state index in [4.69, 9.17) is 9.47 Å². The van der Waals surface area contributed by atoms with Crippen molar-refractivity contribution in [3.05, 3.63) is 69.8 Å². The van der Waals surface area contributed by atoms with E-state index in [1.54, 1.807) is 0 Å². The molecule has 4 nitrogen and oxygen atoms in total. The number of hydrogen-bond acceptors (Lipinski definition) is 4. The maximum absolute atomic E-state index is 13.7. The Bertz CT molecular complexity index is 1080. The fourth-order valence-electron chi connectivity index (χ4n) is 6.42. The highest BCUT2D eigenvalue weighted by Gasteiger charge is 2.57. The molecule has 0 saturated heterocycles. The minimum absolute atomic E-state index is 0.00499. The second kappa shape index (κ2) is 10.0. The number of benzene rings is 2. The van der Waals surface area contributed by atoms with E-state index in [1.807, 2.05) is 24.3 Å². The number of ether oxygens (including phenoxy) is 2. The van der Waals surface area contributed by atoms with Crippen molar-refractivity contribution >= 4 is 11.9 Å². The third-order valence-electron chi connectivity index (χ3n) is 8.30. The summed E-state index contributed by atoms with van der Waals surface area (Å²) in [6, 6.07) is 11.7. The first-order valence-corrected chi connectivity index (χ1v) is 13.2. The van der Waals surface area contributed by atoms with Crippen LogP contribution in [0.2, 0.25) is 0 Å². The number of esters is 2. The average molecular weight is 475 g/mol. The fraction of sp³-hybridized carbons (Fsp3) is 0.484. The lowest BCUT2D eigenvalue weighted by Crippen LogP contribution is -2.24. The molecule has 2 unspecified atom stereocenters. The SMILES string of the molecule is CCc1cccc(OC(=O)C2=C(C(=O)Oc3cccc(CC)c3CC)C3CCC2C3(C)C)c1CC. The summed E-state index contributed by atoms with van der Waals surface area (Å²) in [6.07, 6.45) is 5.10. The van der Waals surface area contributed by atoms with E-state index in [2.05, 4.69) is 53.7 Å². The van der Waals surface area contributed by atoms with E-state index in [-0.39, 0.29) is 17.3 Å². The topological polar surface area (TPSA) is 52.6 Å². The first kappa shape index (κ1) is 25.2. The van der Waals surface area contributed by atoms with Crippen molar-refractivity contribution in [3.8, 4) is 11.5 Å². The van der Waals surface area contributed by atoms with E-state index in [1.165, 1.54) is 11.1 Å². The van der Waals surface area contributed by atoms with Crippen molar-refractivity contribution in [2.75, 3.05) is 0 Å². The van der Waals surface area contributed by atoms with Gasteiger partial charge >= 0.3 is 11.9 Å². The number of aryl methyl sites for hydroxylation is 2. The first-order chi connectivity index (χ1) is 16.8. The van der Waals surface area contributed by atoms with E-state index in [9.17, 15) is 9.59 Å². The second-order valence-corrected chi connectivity index (χ2v) is 10.3. The highest BCUT2D eigenvalue weighted by atomic mass is 16.5. The predicted molar refractivity (Wildman–Crippen MR) is 139 cm³/mol.